The molecule has 106 valence electrons. The predicted octanol–water partition coefficient (Wildman–Crippen LogP) is 3.76. The molecule has 1 aromatic carbocycles. The van der Waals surface area contributed by atoms with Gasteiger partial charge in [-0.2, -0.15) is 0 Å². The first-order valence-corrected chi connectivity index (χ1v) is 7.52. The van der Waals surface area contributed by atoms with Crippen LogP contribution in [0, 0.1) is 5.92 Å². The van der Waals surface area contributed by atoms with Crippen molar-refractivity contribution < 1.29 is 0 Å². The highest BCUT2D eigenvalue weighted by Gasteiger charge is 2.35. The van der Waals surface area contributed by atoms with Crippen molar-refractivity contribution in [1.29, 1.82) is 0 Å². The molecule has 0 saturated carbocycles. The predicted molar refractivity (Wildman–Crippen MR) is 83.7 cm³/mol. The van der Waals surface area contributed by atoms with E-state index in [1.807, 2.05) is 0 Å². The summed E-state index contributed by atoms with van der Waals surface area (Å²) in [6.45, 7) is 11.2. The average Bonchev–Trinajstić information content (AvgIpc) is 2.37. The third-order valence-electron chi connectivity index (χ3n) is 4.46. The van der Waals surface area contributed by atoms with E-state index in [0.717, 1.165) is 13.1 Å². The molecule has 1 heterocycles. The van der Waals surface area contributed by atoms with Crippen molar-refractivity contribution in [2.75, 3.05) is 18.0 Å². The highest BCUT2D eigenvalue weighted by molar-refractivity contribution is 5.57. The summed E-state index contributed by atoms with van der Waals surface area (Å²) in [5, 5.41) is 0. The molecular formula is C17H28N2. The zero-order chi connectivity index (χ0) is 14.0. The molecule has 1 aliphatic heterocycles. The Bertz CT molecular complexity index is 423. The number of hydrogen-bond acceptors (Lipinski definition) is 2. The average molecular weight is 260 g/mol. The maximum Gasteiger partial charge on any atom is 0.0405 e. The third-order valence-corrected chi connectivity index (χ3v) is 4.46. The molecule has 0 aliphatic carbocycles. The molecule has 2 heteroatoms. The molecule has 0 amide bonds. The van der Waals surface area contributed by atoms with Crippen LogP contribution in [0.5, 0.6) is 0 Å². The van der Waals surface area contributed by atoms with Crippen LogP contribution in [0.15, 0.2) is 24.3 Å². The van der Waals surface area contributed by atoms with Crippen LogP contribution in [0.25, 0.3) is 0 Å². The van der Waals surface area contributed by atoms with Gasteiger partial charge in [-0.1, -0.05) is 32.0 Å². The third kappa shape index (κ3) is 2.94. The molecule has 2 nitrogen and oxygen atoms in total. The maximum atomic E-state index is 5.87. The summed E-state index contributed by atoms with van der Waals surface area (Å²) in [7, 11) is 0. The number of nitrogens with zero attached hydrogens (tertiary/aromatic N) is 1. The van der Waals surface area contributed by atoms with Crippen molar-refractivity contribution in [2.24, 2.45) is 11.7 Å². The summed E-state index contributed by atoms with van der Waals surface area (Å²) in [5.74, 6) is 1.25. The Morgan fingerprint density at radius 3 is 2.58 bits per heavy atom. The molecule has 2 rings (SSSR count). The molecule has 2 N–H and O–H groups in total. The zero-order valence-electron chi connectivity index (χ0n) is 12.8. The van der Waals surface area contributed by atoms with E-state index < -0.39 is 0 Å². The van der Waals surface area contributed by atoms with Gasteiger partial charge in [-0.25, -0.2) is 0 Å². The van der Waals surface area contributed by atoms with Crippen LogP contribution in [0.1, 0.15) is 52.0 Å². The van der Waals surface area contributed by atoms with Gasteiger partial charge in [-0.05, 0) is 56.7 Å². The van der Waals surface area contributed by atoms with E-state index in [1.54, 1.807) is 0 Å². The lowest BCUT2D eigenvalue weighted by atomic mass is 9.81. The van der Waals surface area contributed by atoms with Crippen LogP contribution in [0.2, 0.25) is 0 Å². The summed E-state index contributed by atoms with van der Waals surface area (Å²) < 4.78 is 0. The van der Waals surface area contributed by atoms with Crippen LogP contribution in [-0.2, 0) is 0 Å². The van der Waals surface area contributed by atoms with Crippen molar-refractivity contribution >= 4 is 5.69 Å². The minimum atomic E-state index is 0.202. The summed E-state index contributed by atoms with van der Waals surface area (Å²) in [5.41, 5.74) is 8.94. The van der Waals surface area contributed by atoms with E-state index in [9.17, 15) is 0 Å². The van der Waals surface area contributed by atoms with E-state index >= 15 is 0 Å². The topological polar surface area (TPSA) is 29.3 Å². The fourth-order valence-electron chi connectivity index (χ4n) is 3.40. The molecule has 19 heavy (non-hydrogen) atoms. The van der Waals surface area contributed by atoms with Crippen LogP contribution in [0.4, 0.5) is 5.69 Å². The van der Waals surface area contributed by atoms with E-state index in [0.29, 0.717) is 11.8 Å². The number of para-hydroxylation sites is 1. The molecule has 0 aromatic heterocycles. The molecule has 1 aromatic rings. The summed E-state index contributed by atoms with van der Waals surface area (Å²) >= 11 is 0. The summed E-state index contributed by atoms with van der Waals surface area (Å²) in [6.07, 6.45) is 2.41. The van der Waals surface area contributed by atoms with Gasteiger partial charge in [0.2, 0.25) is 0 Å². The Morgan fingerprint density at radius 2 is 2.00 bits per heavy atom. The van der Waals surface area contributed by atoms with Gasteiger partial charge in [-0.3, -0.25) is 0 Å². The minimum Gasteiger partial charge on any atom is -0.366 e. The second kappa shape index (κ2) is 5.54. The van der Waals surface area contributed by atoms with Gasteiger partial charge in [0, 0.05) is 17.8 Å². The fourth-order valence-corrected chi connectivity index (χ4v) is 3.40. The molecule has 0 bridgehead atoms. The SMILES string of the molecule is CC(C)c1ccccc1N1CCC(CN)CC1(C)C. The number of nitrogens with two attached hydrogens (primary N) is 1. The first kappa shape index (κ1) is 14.4. The van der Waals surface area contributed by atoms with Crippen molar-refractivity contribution in [3.8, 4) is 0 Å². The Hall–Kier alpha value is -1.02. The van der Waals surface area contributed by atoms with Gasteiger partial charge in [0.25, 0.3) is 0 Å². The summed E-state index contributed by atoms with van der Waals surface area (Å²) in [4.78, 5) is 2.59. The van der Waals surface area contributed by atoms with E-state index in [1.165, 1.54) is 24.1 Å². The summed E-state index contributed by atoms with van der Waals surface area (Å²) in [6, 6.07) is 8.86. The maximum absolute atomic E-state index is 5.87. The highest BCUT2D eigenvalue weighted by atomic mass is 15.2. The first-order chi connectivity index (χ1) is 8.95. The molecule has 1 saturated heterocycles. The number of rotatable bonds is 3. The first-order valence-electron chi connectivity index (χ1n) is 7.52. The minimum absolute atomic E-state index is 0.202. The van der Waals surface area contributed by atoms with E-state index in [-0.39, 0.29) is 5.54 Å². The van der Waals surface area contributed by atoms with Gasteiger partial charge < -0.3 is 10.6 Å². The zero-order valence-corrected chi connectivity index (χ0v) is 12.8. The van der Waals surface area contributed by atoms with Crippen molar-refractivity contribution in [3.05, 3.63) is 29.8 Å². The molecule has 1 unspecified atom stereocenters. The molecule has 0 spiro atoms. The van der Waals surface area contributed by atoms with Crippen LogP contribution >= 0.6 is 0 Å². The lowest BCUT2D eigenvalue weighted by Gasteiger charge is -2.48. The van der Waals surface area contributed by atoms with Gasteiger partial charge in [0.15, 0.2) is 0 Å². The Balaban J connectivity index is 2.32. The Morgan fingerprint density at radius 1 is 1.32 bits per heavy atom. The van der Waals surface area contributed by atoms with Gasteiger partial charge in [0.05, 0.1) is 0 Å². The lowest BCUT2D eigenvalue weighted by Crippen LogP contribution is -2.51. The van der Waals surface area contributed by atoms with E-state index in [4.69, 9.17) is 5.73 Å². The van der Waals surface area contributed by atoms with Crippen LogP contribution in [0.3, 0.4) is 0 Å². The highest BCUT2D eigenvalue weighted by Crippen LogP contribution is 2.38. The fraction of sp³-hybridized carbons (Fsp3) is 0.647. The Kier molecular flexibility index (Phi) is 4.19. The quantitative estimate of drug-likeness (QED) is 0.896. The number of benzene rings is 1. The van der Waals surface area contributed by atoms with Gasteiger partial charge >= 0.3 is 0 Å². The molecule has 1 aliphatic rings. The molecule has 1 atom stereocenters. The van der Waals surface area contributed by atoms with Crippen molar-refractivity contribution in [2.45, 2.75) is 52.0 Å². The largest absolute Gasteiger partial charge is 0.366 e. The second-order valence-electron chi connectivity index (χ2n) is 6.77. The Labute approximate surface area is 118 Å². The monoisotopic (exact) mass is 260 g/mol. The standard InChI is InChI=1S/C17H28N2/c1-13(2)15-7-5-6-8-16(15)19-10-9-14(12-18)11-17(19,3)4/h5-8,13-14H,9-12,18H2,1-4H3. The van der Waals surface area contributed by atoms with Crippen molar-refractivity contribution in [1.82, 2.24) is 0 Å². The number of hydrogen-bond donors (Lipinski definition) is 1. The smallest absolute Gasteiger partial charge is 0.0405 e. The van der Waals surface area contributed by atoms with Crippen LogP contribution < -0.4 is 10.6 Å². The number of anilines is 1. The molecule has 1 fully saturated rings. The van der Waals surface area contributed by atoms with Gasteiger partial charge in [-0.15, -0.1) is 0 Å². The lowest BCUT2D eigenvalue weighted by molar-refractivity contribution is 0.278. The molecular weight excluding hydrogens is 232 g/mol. The second-order valence-corrected chi connectivity index (χ2v) is 6.77. The number of piperidine rings is 1. The van der Waals surface area contributed by atoms with E-state index in [2.05, 4.69) is 56.9 Å². The van der Waals surface area contributed by atoms with Gasteiger partial charge in [0.1, 0.15) is 0 Å². The van der Waals surface area contributed by atoms with Crippen LogP contribution in [-0.4, -0.2) is 18.6 Å². The molecule has 0 radical (unpaired) electrons. The normalized spacial score (nSPS) is 22.8. The van der Waals surface area contributed by atoms with Crippen molar-refractivity contribution in [3.63, 3.8) is 0 Å².